The van der Waals surface area contributed by atoms with E-state index in [9.17, 15) is 9.90 Å². The summed E-state index contributed by atoms with van der Waals surface area (Å²) in [5.41, 5.74) is -0.486. The van der Waals surface area contributed by atoms with E-state index < -0.39 is 11.7 Å². The molecular weight excluding hydrogens is 461 g/mol. The maximum Gasteiger partial charge on any atom is 0.407 e. The number of aliphatic hydroxyl groups excluding tert-OH is 1. The number of nitrogens with zero attached hydrogens (tertiary/aromatic N) is 2. The molecule has 0 spiro atoms. The molecule has 1 amide bonds. The number of rotatable bonds is 8. The van der Waals surface area contributed by atoms with Gasteiger partial charge < -0.3 is 30.7 Å². The van der Waals surface area contributed by atoms with E-state index in [1.807, 2.05) is 27.7 Å². The minimum absolute atomic E-state index is 0. The second-order valence-corrected chi connectivity index (χ2v) is 7.54. The third kappa shape index (κ3) is 13.9. The van der Waals surface area contributed by atoms with Crippen molar-refractivity contribution < 1.29 is 14.6 Å². The Morgan fingerprint density at radius 3 is 2.41 bits per heavy atom. The summed E-state index contributed by atoms with van der Waals surface area (Å²) in [5.74, 6) is 0.757. The van der Waals surface area contributed by atoms with E-state index >= 15 is 0 Å². The fourth-order valence-corrected chi connectivity index (χ4v) is 2.63. The molecule has 0 atom stereocenters. The maximum absolute atomic E-state index is 11.6. The number of aliphatic imine (C=N–C) groups is 1. The van der Waals surface area contributed by atoms with Gasteiger partial charge in [-0.25, -0.2) is 4.79 Å². The van der Waals surface area contributed by atoms with Gasteiger partial charge >= 0.3 is 6.09 Å². The van der Waals surface area contributed by atoms with Crippen LogP contribution in [0.5, 0.6) is 0 Å². The highest BCUT2D eigenvalue weighted by atomic mass is 127. The Morgan fingerprint density at radius 1 is 1.19 bits per heavy atom. The molecule has 0 saturated carbocycles. The van der Waals surface area contributed by atoms with Gasteiger partial charge in [0, 0.05) is 39.3 Å². The Balaban J connectivity index is 0.00000676. The lowest BCUT2D eigenvalue weighted by Crippen LogP contribution is -2.42. The minimum Gasteiger partial charge on any atom is -0.444 e. The number of carbonyl (C=O) groups is 1. The standard InChI is InChI=1S/C18H37N5O3.HI/c1-5-19-16(21-10-11-22-17(25)26-18(2,3)4)20-9-6-12-23-13-7-15(24)8-14-23;/h15,24H,5-14H2,1-4H3,(H,22,25)(H2,19,20,21);1H. The third-order valence-electron chi connectivity index (χ3n) is 3.89. The SMILES string of the molecule is CCNC(=NCCCN1CCC(O)CC1)NCCNC(=O)OC(C)(C)C.I. The molecule has 0 unspecified atom stereocenters. The lowest BCUT2D eigenvalue weighted by Gasteiger charge is -2.29. The van der Waals surface area contributed by atoms with Crippen LogP contribution < -0.4 is 16.0 Å². The van der Waals surface area contributed by atoms with Crippen molar-refractivity contribution >= 4 is 36.0 Å². The summed E-state index contributed by atoms with van der Waals surface area (Å²) >= 11 is 0. The van der Waals surface area contributed by atoms with Crippen LogP contribution in [0, 0.1) is 0 Å². The molecular formula is C18H38IN5O3. The molecule has 27 heavy (non-hydrogen) atoms. The van der Waals surface area contributed by atoms with Gasteiger partial charge in [-0.2, -0.15) is 0 Å². The molecule has 1 aliphatic heterocycles. The molecule has 0 aromatic rings. The van der Waals surface area contributed by atoms with Crippen LogP contribution in [0.4, 0.5) is 4.79 Å². The Bertz CT molecular complexity index is 435. The molecule has 0 radical (unpaired) electrons. The third-order valence-corrected chi connectivity index (χ3v) is 3.89. The van der Waals surface area contributed by atoms with Crippen molar-refractivity contribution in [2.45, 2.75) is 58.7 Å². The number of aliphatic hydroxyl groups is 1. The zero-order valence-electron chi connectivity index (χ0n) is 17.2. The first-order valence-corrected chi connectivity index (χ1v) is 9.69. The summed E-state index contributed by atoms with van der Waals surface area (Å²) in [6.45, 7) is 13.1. The topological polar surface area (TPSA) is 98.2 Å². The molecule has 1 saturated heterocycles. The highest BCUT2D eigenvalue weighted by Gasteiger charge is 2.16. The van der Waals surface area contributed by atoms with Crippen LogP contribution in [0.25, 0.3) is 0 Å². The molecule has 160 valence electrons. The van der Waals surface area contributed by atoms with E-state index in [1.54, 1.807) is 0 Å². The second-order valence-electron chi connectivity index (χ2n) is 7.54. The predicted molar refractivity (Wildman–Crippen MR) is 120 cm³/mol. The van der Waals surface area contributed by atoms with Crippen LogP contribution in [-0.4, -0.2) is 79.6 Å². The summed E-state index contributed by atoms with van der Waals surface area (Å²) in [5, 5.41) is 18.6. The fourth-order valence-electron chi connectivity index (χ4n) is 2.63. The summed E-state index contributed by atoms with van der Waals surface area (Å²) in [6, 6.07) is 0. The van der Waals surface area contributed by atoms with Crippen molar-refractivity contribution in [2.75, 3.05) is 45.8 Å². The van der Waals surface area contributed by atoms with Gasteiger partial charge in [0.2, 0.25) is 0 Å². The van der Waals surface area contributed by atoms with Crippen LogP contribution >= 0.6 is 24.0 Å². The zero-order chi connectivity index (χ0) is 19.4. The lowest BCUT2D eigenvalue weighted by atomic mass is 10.1. The van der Waals surface area contributed by atoms with E-state index in [0.29, 0.717) is 13.1 Å². The van der Waals surface area contributed by atoms with Gasteiger partial charge in [-0.05, 0) is 53.5 Å². The van der Waals surface area contributed by atoms with Crippen molar-refractivity contribution in [1.82, 2.24) is 20.9 Å². The molecule has 0 aromatic carbocycles. The average molecular weight is 499 g/mol. The van der Waals surface area contributed by atoms with Crippen LogP contribution in [0.3, 0.4) is 0 Å². The van der Waals surface area contributed by atoms with Gasteiger partial charge in [0.1, 0.15) is 5.60 Å². The number of hydrogen-bond acceptors (Lipinski definition) is 5. The van der Waals surface area contributed by atoms with Crippen LogP contribution in [-0.2, 0) is 4.74 Å². The van der Waals surface area contributed by atoms with Gasteiger partial charge in [-0.15, -0.1) is 24.0 Å². The number of piperidine rings is 1. The van der Waals surface area contributed by atoms with Crippen molar-refractivity contribution in [1.29, 1.82) is 0 Å². The van der Waals surface area contributed by atoms with Crippen molar-refractivity contribution in [2.24, 2.45) is 4.99 Å². The average Bonchev–Trinajstić information content (AvgIpc) is 2.55. The molecule has 0 aliphatic carbocycles. The maximum atomic E-state index is 11.6. The Hall–Kier alpha value is -0.810. The highest BCUT2D eigenvalue weighted by molar-refractivity contribution is 14.0. The highest BCUT2D eigenvalue weighted by Crippen LogP contribution is 2.09. The molecule has 1 aliphatic rings. The molecule has 0 aromatic heterocycles. The van der Waals surface area contributed by atoms with E-state index in [-0.39, 0.29) is 30.1 Å². The van der Waals surface area contributed by atoms with E-state index in [1.165, 1.54) is 0 Å². The summed E-state index contributed by atoms with van der Waals surface area (Å²) < 4.78 is 5.19. The summed E-state index contributed by atoms with van der Waals surface area (Å²) in [7, 11) is 0. The Kier molecular flexibility index (Phi) is 13.8. The first-order chi connectivity index (χ1) is 12.3. The number of ether oxygens (including phenoxy) is 1. The smallest absolute Gasteiger partial charge is 0.407 e. The van der Waals surface area contributed by atoms with Gasteiger partial charge in [0.15, 0.2) is 5.96 Å². The van der Waals surface area contributed by atoms with Gasteiger partial charge in [0.05, 0.1) is 6.10 Å². The molecule has 1 heterocycles. The minimum atomic E-state index is -0.486. The number of hydrogen-bond donors (Lipinski definition) is 4. The van der Waals surface area contributed by atoms with Crippen molar-refractivity contribution in [3.05, 3.63) is 0 Å². The number of halogens is 1. The molecule has 4 N–H and O–H groups in total. The van der Waals surface area contributed by atoms with E-state index in [2.05, 4.69) is 25.8 Å². The lowest BCUT2D eigenvalue weighted by molar-refractivity contribution is 0.0528. The fraction of sp³-hybridized carbons (Fsp3) is 0.889. The number of nitrogens with one attached hydrogen (secondary N) is 3. The van der Waals surface area contributed by atoms with Crippen molar-refractivity contribution in [3.63, 3.8) is 0 Å². The first-order valence-electron chi connectivity index (χ1n) is 9.69. The Morgan fingerprint density at radius 2 is 1.81 bits per heavy atom. The zero-order valence-corrected chi connectivity index (χ0v) is 19.5. The van der Waals surface area contributed by atoms with Crippen molar-refractivity contribution in [3.8, 4) is 0 Å². The quantitative estimate of drug-likeness (QED) is 0.175. The monoisotopic (exact) mass is 499 g/mol. The molecule has 0 bridgehead atoms. The second kappa shape index (κ2) is 14.2. The van der Waals surface area contributed by atoms with Gasteiger partial charge in [-0.3, -0.25) is 4.99 Å². The van der Waals surface area contributed by atoms with Crippen LogP contribution in [0.2, 0.25) is 0 Å². The van der Waals surface area contributed by atoms with Gasteiger partial charge in [0.25, 0.3) is 0 Å². The molecule has 1 rings (SSSR count). The predicted octanol–water partition coefficient (Wildman–Crippen LogP) is 1.53. The number of likely N-dealkylation sites (tertiary alicyclic amines) is 1. The number of guanidine groups is 1. The number of carbonyl (C=O) groups excluding carboxylic acids is 1. The van der Waals surface area contributed by atoms with Crippen LogP contribution in [0.15, 0.2) is 4.99 Å². The number of alkyl carbamates (subject to hydrolysis) is 1. The first kappa shape index (κ1) is 26.2. The Labute approximate surface area is 180 Å². The largest absolute Gasteiger partial charge is 0.444 e. The summed E-state index contributed by atoms with van der Waals surface area (Å²) in [4.78, 5) is 18.5. The molecule has 8 nitrogen and oxygen atoms in total. The van der Waals surface area contributed by atoms with E-state index in [0.717, 1.165) is 57.9 Å². The van der Waals surface area contributed by atoms with Crippen LogP contribution in [0.1, 0.15) is 47.0 Å². The molecule has 9 heteroatoms. The molecule has 1 fully saturated rings. The van der Waals surface area contributed by atoms with E-state index in [4.69, 9.17) is 4.74 Å². The normalized spacial score (nSPS) is 16.4. The summed E-state index contributed by atoms with van der Waals surface area (Å²) in [6.07, 6.45) is 2.20. The van der Waals surface area contributed by atoms with Gasteiger partial charge in [-0.1, -0.05) is 0 Å². The number of amides is 1.